The monoisotopic (exact) mass is 259 g/mol. The molecular formula is C17H25NO. The van der Waals surface area contributed by atoms with E-state index in [-0.39, 0.29) is 11.8 Å². The quantitative estimate of drug-likeness (QED) is 0.694. The zero-order chi connectivity index (χ0) is 13.8. The summed E-state index contributed by atoms with van der Waals surface area (Å²) in [6.45, 7) is 7.38. The molecule has 1 aliphatic rings. The van der Waals surface area contributed by atoms with Gasteiger partial charge in [0.15, 0.2) is 5.78 Å². The van der Waals surface area contributed by atoms with Gasteiger partial charge >= 0.3 is 0 Å². The SMILES string of the molecule is CCCCN(C1CC1)C(C)C(=O)c1ccc(C)cc1. The van der Waals surface area contributed by atoms with Crippen LogP contribution in [0.1, 0.15) is 55.5 Å². The molecule has 1 atom stereocenters. The van der Waals surface area contributed by atoms with E-state index in [0.717, 1.165) is 12.1 Å². The molecule has 104 valence electrons. The minimum absolute atomic E-state index is 0.0155. The Kier molecular flexibility index (Phi) is 4.76. The maximum atomic E-state index is 12.6. The van der Waals surface area contributed by atoms with Crippen LogP contribution in [-0.4, -0.2) is 29.3 Å². The summed E-state index contributed by atoms with van der Waals surface area (Å²) < 4.78 is 0. The van der Waals surface area contributed by atoms with Crippen molar-refractivity contribution in [1.29, 1.82) is 0 Å². The van der Waals surface area contributed by atoms with Crippen LogP contribution < -0.4 is 0 Å². The van der Waals surface area contributed by atoms with Crippen LogP contribution in [0.15, 0.2) is 24.3 Å². The fourth-order valence-electron chi connectivity index (χ4n) is 2.55. The predicted molar refractivity (Wildman–Crippen MR) is 79.6 cm³/mol. The van der Waals surface area contributed by atoms with Gasteiger partial charge in [-0.25, -0.2) is 0 Å². The number of Topliss-reactive ketones (excluding diaryl/α,β-unsaturated/α-hetero) is 1. The molecule has 0 saturated heterocycles. The van der Waals surface area contributed by atoms with Crippen molar-refractivity contribution in [3.63, 3.8) is 0 Å². The van der Waals surface area contributed by atoms with Crippen LogP contribution in [0.4, 0.5) is 0 Å². The van der Waals surface area contributed by atoms with Gasteiger partial charge in [0, 0.05) is 11.6 Å². The lowest BCUT2D eigenvalue weighted by Crippen LogP contribution is -2.41. The van der Waals surface area contributed by atoms with Crippen LogP contribution in [0.3, 0.4) is 0 Å². The van der Waals surface area contributed by atoms with E-state index in [1.54, 1.807) is 0 Å². The Labute approximate surface area is 116 Å². The highest BCUT2D eigenvalue weighted by Gasteiger charge is 2.34. The van der Waals surface area contributed by atoms with Crippen LogP contribution in [0.25, 0.3) is 0 Å². The molecular weight excluding hydrogens is 234 g/mol. The first-order valence-electron chi connectivity index (χ1n) is 7.50. The van der Waals surface area contributed by atoms with Crippen molar-refractivity contribution >= 4 is 5.78 Å². The molecule has 0 radical (unpaired) electrons. The van der Waals surface area contributed by atoms with Gasteiger partial charge in [-0.05, 0) is 39.7 Å². The van der Waals surface area contributed by atoms with Gasteiger partial charge in [-0.3, -0.25) is 9.69 Å². The molecule has 0 N–H and O–H groups in total. The molecule has 0 heterocycles. The second-order valence-electron chi connectivity index (χ2n) is 5.73. The fraction of sp³-hybridized carbons (Fsp3) is 0.588. The molecule has 1 aromatic carbocycles. The highest BCUT2D eigenvalue weighted by atomic mass is 16.1. The summed E-state index contributed by atoms with van der Waals surface area (Å²) in [5.41, 5.74) is 2.05. The van der Waals surface area contributed by atoms with Gasteiger partial charge in [0.25, 0.3) is 0 Å². The molecule has 1 aromatic rings. The van der Waals surface area contributed by atoms with Gasteiger partial charge < -0.3 is 0 Å². The average Bonchev–Trinajstić information content (AvgIpc) is 3.23. The molecule has 2 rings (SSSR count). The number of carbonyl (C=O) groups excluding carboxylic acids is 1. The number of hydrogen-bond acceptors (Lipinski definition) is 2. The molecule has 1 saturated carbocycles. The Balaban J connectivity index is 2.05. The maximum Gasteiger partial charge on any atom is 0.179 e. The molecule has 2 nitrogen and oxygen atoms in total. The Morgan fingerprint density at radius 2 is 1.95 bits per heavy atom. The number of nitrogens with zero attached hydrogens (tertiary/aromatic N) is 1. The summed E-state index contributed by atoms with van der Waals surface area (Å²) in [5, 5.41) is 0. The van der Waals surface area contributed by atoms with Crippen molar-refractivity contribution in [3.05, 3.63) is 35.4 Å². The van der Waals surface area contributed by atoms with Crippen molar-refractivity contribution < 1.29 is 4.79 Å². The molecule has 2 heteroatoms. The first kappa shape index (κ1) is 14.3. The molecule has 19 heavy (non-hydrogen) atoms. The van der Waals surface area contributed by atoms with Crippen LogP contribution in [0.2, 0.25) is 0 Å². The van der Waals surface area contributed by atoms with Crippen molar-refractivity contribution in [2.45, 2.75) is 58.5 Å². The molecule has 0 amide bonds. The highest BCUT2D eigenvalue weighted by molar-refractivity contribution is 5.99. The topological polar surface area (TPSA) is 20.3 Å². The Morgan fingerprint density at radius 3 is 2.47 bits per heavy atom. The van der Waals surface area contributed by atoms with Crippen molar-refractivity contribution in [2.24, 2.45) is 0 Å². The van der Waals surface area contributed by atoms with Crippen LogP contribution >= 0.6 is 0 Å². The summed E-state index contributed by atoms with van der Waals surface area (Å²) in [4.78, 5) is 15.0. The Hall–Kier alpha value is -1.15. The minimum atomic E-state index is 0.0155. The summed E-state index contributed by atoms with van der Waals surface area (Å²) in [5.74, 6) is 0.267. The number of aryl methyl sites for hydroxylation is 1. The van der Waals surface area contributed by atoms with Gasteiger partial charge in [-0.15, -0.1) is 0 Å². The lowest BCUT2D eigenvalue weighted by Gasteiger charge is -2.28. The first-order valence-corrected chi connectivity index (χ1v) is 7.50. The highest BCUT2D eigenvalue weighted by Crippen LogP contribution is 2.29. The van der Waals surface area contributed by atoms with Crippen LogP contribution in [-0.2, 0) is 0 Å². The summed E-state index contributed by atoms with van der Waals surface area (Å²) in [7, 11) is 0. The first-order chi connectivity index (χ1) is 9.13. The Morgan fingerprint density at radius 1 is 1.32 bits per heavy atom. The number of rotatable bonds is 7. The van der Waals surface area contributed by atoms with E-state index in [2.05, 4.69) is 25.7 Å². The lowest BCUT2D eigenvalue weighted by atomic mass is 10.0. The number of hydrogen-bond donors (Lipinski definition) is 0. The van der Waals surface area contributed by atoms with Crippen molar-refractivity contribution in [1.82, 2.24) is 4.90 Å². The number of unbranched alkanes of at least 4 members (excludes halogenated alkanes) is 1. The maximum absolute atomic E-state index is 12.6. The van der Waals surface area contributed by atoms with E-state index in [9.17, 15) is 4.79 Å². The van der Waals surface area contributed by atoms with Gasteiger partial charge in [-0.1, -0.05) is 43.2 Å². The van der Waals surface area contributed by atoms with E-state index in [4.69, 9.17) is 0 Å². The third-order valence-electron chi connectivity index (χ3n) is 4.00. The molecule has 1 fully saturated rings. The minimum Gasteiger partial charge on any atom is -0.292 e. The zero-order valence-corrected chi connectivity index (χ0v) is 12.4. The zero-order valence-electron chi connectivity index (χ0n) is 12.4. The molecule has 0 spiro atoms. The Bertz CT molecular complexity index is 419. The second kappa shape index (κ2) is 6.33. The standard InChI is InChI=1S/C17H25NO/c1-4-5-12-18(16-10-11-16)14(3)17(19)15-8-6-13(2)7-9-15/h6-9,14,16H,4-5,10-12H2,1-3H3. The van der Waals surface area contributed by atoms with E-state index < -0.39 is 0 Å². The van der Waals surface area contributed by atoms with Crippen molar-refractivity contribution in [2.75, 3.05) is 6.54 Å². The third kappa shape index (κ3) is 3.66. The molecule has 1 unspecified atom stereocenters. The summed E-state index contributed by atoms with van der Waals surface area (Å²) in [6, 6.07) is 8.62. The summed E-state index contributed by atoms with van der Waals surface area (Å²) >= 11 is 0. The van der Waals surface area contributed by atoms with Crippen LogP contribution in [0, 0.1) is 6.92 Å². The van der Waals surface area contributed by atoms with E-state index in [1.165, 1.54) is 31.2 Å². The smallest absolute Gasteiger partial charge is 0.179 e. The molecule has 0 aliphatic heterocycles. The van der Waals surface area contributed by atoms with E-state index >= 15 is 0 Å². The van der Waals surface area contributed by atoms with Gasteiger partial charge in [-0.2, -0.15) is 0 Å². The predicted octanol–water partition coefficient (Wildman–Crippen LogP) is 3.83. The third-order valence-corrected chi connectivity index (χ3v) is 4.00. The number of ketones is 1. The van der Waals surface area contributed by atoms with E-state index in [0.29, 0.717) is 6.04 Å². The average molecular weight is 259 g/mol. The lowest BCUT2D eigenvalue weighted by molar-refractivity contribution is 0.0824. The van der Waals surface area contributed by atoms with Gasteiger partial charge in [0.05, 0.1) is 6.04 Å². The fourth-order valence-corrected chi connectivity index (χ4v) is 2.55. The molecule has 1 aliphatic carbocycles. The van der Waals surface area contributed by atoms with E-state index in [1.807, 2.05) is 24.3 Å². The molecule has 0 aromatic heterocycles. The van der Waals surface area contributed by atoms with Crippen molar-refractivity contribution in [3.8, 4) is 0 Å². The normalized spacial score (nSPS) is 16.6. The van der Waals surface area contributed by atoms with Gasteiger partial charge in [0.1, 0.15) is 0 Å². The number of benzene rings is 1. The van der Waals surface area contributed by atoms with Crippen LogP contribution in [0.5, 0.6) is 0 Å². The molecule has 0 bridgehead atoms. The largest absolute Gasteiger partial charge is 0.292 e. The number of carbonyl (C=O) groups is 1. The second-order valence-corrected chi connectivity index (χ2v) is 5.73. The van der Waals surface area contributed by atoms with Gasteiger partial charge in [0.2, 0.25) is 0 Å². The summed E-state index contributed by atoms with van der Waals surface area (Å²) in [6.07, 6.45) is 4.89.